The van der Waals surface area contributed by atoms with E-state index >= 15 is 0 Å². The van der Waals surface area contributed by atoms with E-state index in [1.165, 1.54) is 11.3 Å². The van der Waals surface area contributed by atoms with Crippen molar-refractivity contribution in [1.29, 1.82) is 0 Å². The number of rotatable bonds is 2. The van der Waals surface area contributed by atoms with Gasteiger partial charge in [0, 0.05) is 5.41 Å². The van der Waals surface area contributed by atoms with Crippen LogP contribution in [0.5, 0.6) is 0 Å². The molecule has 0 saturated heterocycles. The summed E-state index contributed by atoms with van der Waals surface area (Å²) in [5.74, 6) is 0. The molecule has 1 aromatic heterocycles. The average molecular weight is 173 g/mol. The van der Waals surface area contributed by atoms with E-state index in [9.17, 15) is 0 Å². The molecule has 0 bridgehead atoms. The topological polar surface area (TPSA) is 72.0 Å². The molecule has 0 aliphatic heterocycles. The third-order valence-electron chi connectivity index (χ3n) is 1.41. The summed E-state index contributed by atoms with van der Waals surface area (Å²) in [6, 6.07) is 0. The standard InChI is InChI=1S/C6H11N3OS/c1-6(2,3-10)4-8-9-5(7)11-4/h10H,3H2,1-2H3,(H2,7,9). The Morgan fingerprint density at radius 1 is 1.55 bits per heavy atom. The quantitative estimate of drug-likeness (QED) is 0.678. The Balaban J connectivity index is 2.92. The van der Waals surface area contributed by atoms with Gasteiger partial charge in [0.05, 0.1) is 6.61 Å². The molecule has 0 aliphatic carbocycles. The van der Waals surface area contributed by atoms with Crippen molar-refractivity contribution in [2.75, 3.05) is 12.3 Å². The molecular weight excluding hydrogens is 162 g/mol. The van der Waals surface area contributed by atoms with Gasteiger partial charge in [-0.15, -0.1) is 10.2 Å². The van der Waals surface area contributed by atoms with E-state index in [0.29, 0.717) is 5.13 Å². The Labute approximate surface area is 69.1 Å². The van der Waals surface area contributed by atoms with Crippen molar-refractivity contribution >= 4 is 16.5 Å². The highest BCUT2D eigenvalue weighted by Crippen LogP contribution is 2.26. The normalized spacial score (nSPS) is 11.9. The third kappa shape index (κ3) is 1.66. The molecule has 0 fully saturated rings. The van der Waals surface area contributed by atoms with Crippen molar-refractivity contribution in [3.63, 3.8) is 0 Å². The van der Waals surface area contributed by atoms with Crippen molar-refractivity contribution in [3.05, 3.63) is 5.01 Å². The van der Waals surface area contributed by atoms with Gasteiger partial charge in [-0.25, -0.2) is 0 Å². The fourth-order valence-corrected chi connectivity index (χ4v) is 1.28. The van der Waals surface area contributed by atoms with E-state index in [1.807, 2.05) is 13.8 Å². The number of anilines is 1. The van der Waals surface area contributed by atoms with Crippen LogP contribution in [-0.2, 0) is 5.41 Å². The minimum atomic E-state index is -0.324. The number of hydrogen-bond acceptors (Lipinski definition) is 5. The molecule has 0 spiro atoms. The fourth-order valence-electron chi connectivity index (χ4n) is 0.576. The lowest BCUT2D eigenvalue weighted by molar-refractivity contribution is 0.217. The number of aromatic nitrogens is 2. The maximum atomic E-state index is 8.95. The Hall–Kier alpha value is -0.680. The number of nitrogens with zero attached hydrogens (tertiary/aromatic N) is 2. The minimum absolute atomic E-state index is 0.0572. The van der Waals surface area contributed by atoms with E-state index in [0.717, 1.165) is 5.01 Å². The van der Waals surface area contributed by atoms with Gasteiger partial charge < -0.3 is 10.8 Å². The van der Waals surface area contributed by atoms with Gasteiger partial charge in [-0.3, -0.25) is 0 Å². The second-order valence-corrected chi connectivity index (χ2v) is 4.00. The second kappa shape index (κ2) is 2.75. The molecule has 1 rings (SSSR count). The van der Waals surface area contributed by atoms with Gasteiger partial charge in [0.1, 0.15) is 5.01 Å². The first-order valence-electron chi connectivity index (χ1n) is 3.26. The third-order valence-corrected chi connectivity index (χ3v) is 2.53. The maximum absolute atomic E-state index is 8.95. The number of hydrogen-bond donors (Lipinski definition) is 2. The van der Waals surface area contributed by atoms with Gasteiger partial charge in [0.25, 0.3) is 0 Å². The molecular formula is C6H11N3OS. The van der Waals surface area contributed by atoms with Crippen LogP contribution < -0.4 is 5.73 Å². The van der Waals surface area contributed by atoms with E-state index < -0.39 is 0 Å². The highest BCUT2D eigenvalue weighted by Gasteiger charge is 2.23. The first-order chi connectivity index (χ1) is 5.06. The summed E-state index contributed by atoms with van der Waals surface area (Å²) >= 11 is 1.31. The molecule has 11 heavy (non-hydrogen) atoms. The molecule has 5 heteroatoms. The van der Waals surface area contributed by atoms with Gasteiger partial charge in [-0.2, -0.15) is 0 Å². The SMILES string of the molecule is CC(C)(CO)c1nnc(N)s1. The highest BCUT2D eigenvalue weighted by molar-refractivity contribution is 7.15. The predicted molar refractivity (Wildman–Crippen MR) is 44.4 cm³/mol. The zero-order valence-corrected chi connectivity index (χ0v) is 7.35. The van der Waals surface area contributed by atoms with E-state index in [4.69, 9.17) is 10.8 Å². The summed E-state index contributed by atoms with van der Waals surface area (Å²) in [6.07, 6.45) is 0. The number of aliphatic hydroxyl groups excluding tert-OH is 1. The molecule has 0 aromatic carbocycles. The van der Waals surface area contributed by atoms with Crippen LogP contribution in [0.2, 0.25) is 0 Å². The van der Waals surface area contributed by atoms with Gasteiger partial charge in [0.2, 0.25) is 5.13 Å². The summed E-state index contributed by atoms with van der Waals surface area (Å²) in [5, 5.41) is 17.7. The largest absolute Gasteiger partial charge is 0.395 e. The number of nitrogen functional groups attached to an aromatic ring is 1. The summed E-state index contributed by atoms with van der Waals surface area (Å²) in [6.45, 7) is 3.85. The molecule has 1 heterocycles. The highest BCUT2D eigenvalue weighted by atomic mass is 32.1. The van der Waals surface area contributed by atoms with Crippen molar-refractivity contribution in [2.45, 2.75) is 19.3 Å². The zero-order valence-electron chi connectivity index (χ0n) is 6.53. The molecule has 3 N–H and O–H groups in total. The number of aliphatic hydroxyl groups is 1. The Kier molecular flexibility index (Phi) is 2.10. The minimum Gasteiger partial charge on any atom is -0.395 e. The van der Waals surface area contributed by atoms with Gasteiger partial charge >= 0.3 is 0 Å². The Bertz CT molecular complexity index is 246. The monoisotopic (exact) mass is 173 g/mol. The van der Waals surface area contributed by atoms with Crippen molar-refractivity contribution < 1.29 is 5.11 Å². The molecule has 0 atom stereocenters. The molecule has 0 aliphatic rings. The van der Waals surface area contributed by atoms with Crippen LogP contribution in [0.4, 0.5) is 5.13 Å². The maximum Gasteiger partial charge on any atom is 0.203 e. The second-order valence-electron chi connectivity index (χ2n) is 2.99. The summed E-state index contributed by atoms with van der Waals surface area (Å²) in [7, 11) is 0. The van der Waals surface area contributed by atoms with Crippen molar-refractivity contribution in [1.82, 2.24) is 10.2 Å². The lowest BCUT2D eigenvalue weighted by Crippen LogP contribution is -2.21. The first kappa shape index (κ1) is 8.42. The van der Waals surface area contributed by atoms with Crippen LogP contribution in [0.15, 0.2) is 0 Å². The molecule has 1 aromatic rings. The average Bonchev–Trinajstić information content (AvgIpc) is 2.36. The summed E-state index contributed by atoms with van der Waals surface area (Å²) in [5.41, 5.74) is 5.07. The lowest BCUT2D eigenvalue weighted by Gasteiger charge is -2.16. The molecule has 4 nitrogen and oxygen atoms in total. The van der Waals surface area contributed by atoms with Gasteiger partial charge in [-0.1, -0.05) is 25.2 Å². The Morgan fingerprint density at radius 2 is 2.18 bits per heavy atom. The smallest absolute Gasteiger partial charge is 0.203 e. The molecule has 0 amide bonds. The molecule has 0 unspecified atom stereocenters. The fraction of sp³-hybridized carbons (Fsp3) is 0.667. The van der Waals surface area contributed by atoms with E-state index in [1.54, 1.807) is 0 Å². The van der Waals surface area contributed by atoms with Crippen LogP contribution in [0.3, 0.4) is 0 Å². The summed E-state index contributed by atoms with van der Waals surface area (Å²) < 4.78 is 0. The van der Waals surface area contributed by atoms with Crippen molar-refractivity contribution in [2.24, 2.45) is 0 Å². The van der Waals surface area contributed by atoms with Gasteiger partial charge in [-0.05, 0) is 0 Å². The molecule has 0 radical (unpaired) electrons. The van der Waals surface area contributed by atoms with Gasteiger partial charge in [0.15, 0.2) is 0 Å². The van der Waals surface area contributed by atoms with Crippen LogP contribution in [0.25, 0.3) is 0 Å². The number of nitrogens with two attached hydrogens (primary N) is 1. The van der Waals surface area contributed by atoms with E-state index in [2.05, 4.69) is 10.2 Å². The van der Waals surface area contributed by atoms with Crippen molar-refractivity contribution in [3.8, 4) is 0 Å². The van der Waals surface area contributed by atoms with Crippen LogP contribution >= 0.6 is 11.3 Å². The predicted octanol–water partition coefficient (Wildman–Crippen LogP) is 0.390. The molecule has 0 saturated carbocycles. The van der Waals surface area contributed by atoms with Crippen LogP contribution in [-0.4, -0.2) is 21.9 Å². The van der Waals surface area contributed by atoms with Crippen LogP contribution in [0, 0.1) is 0 Å². The first-order valence-corrected chi connectivity index (χ1v) is 4.08. The van der Waals surface area contributed by atoms with E-state index in [-0.39, 0.29) is 12.0 Å². The zero-order chi connectivity index (χ0) is 8.48. The summed E-state index contributed by atoms with van der Waals surface area (Å²) in [4.78, 5) is 0. The Morgan fingerprint density at radius 3 is 2.55 bits per heavy atom. The lowest BCUT2D eigenvalue weighted by atomic mass is 9.96. The molecule has 62 valence electrons. The van der Waals surface area contributed by atoms with Crippen LogP contribution in [0.1, 0.15) is 18.9 Å².